The lowest BCUT2D eigenvalue weighted by atomic mass is 10.1. The molecule has 6 nitrogen and oxygen atoms in total. The van der Waals surface area contributed by atoms with E-state index in [-0.39, 0.29) is 22.2 Å². The highest BCUT2D eigenvalue weighted by molar-refractivity contribution is 7.80. The lowest BCUT2D eigenvalue weighted by molar-refractivity contribution is -0.384. The van der Waals surface area contributed by atoms with Gasteiger partial charge in [-0.3, -0.25) is 14.9 Å². The molecule has 0 unspecified atom stereocenters. The van der Waals surface area contributed by atoms with E-state index in [0.29, 0.717) is 5.56 Å². The number of carbonyl (C=O) groups is 1. The number of benzene rings is 2. The van der Waals surface area contributed by atoms with Crippen LogP contribution < -0.4 is 10.2 Å². The first-order chi connectivity index (χ1) is 13.9. The van der Waals surface area contributed by atoms with Crippen LogP contribution in [0.3, 0.4) is 0 Å². The average molecular weight is 425 g/mol. The summed E-state index contributed by atoms with van der Waals surface area (Å²) < 4.78 is 14.1. The maximum Gasteiger partial charge on any atom is 0.281 e. The van der Waals surface area contributed by atoms with Gasteiger partial charge in [0.05, 0.1) is 10.6 Å². The van der Waals surface area contributed by atoms with Crippen molar-refractivity contribution in [3.63, 3.8) is 0 Å². The maximum absolute atomic E-state index is 14.1. The number of nitro groups is 1. The quantitative estimate of drug-likeness (QED) is 0.283. The molecule has 0 saturated carbocycles. The van der Waals surface area contributed by atoms with Gasteiger partial charge in [-0.2, -0.15) is 0 Å². The topological polar surface area (TPSA) is 75.5 Å². The number of carbonyl (C=O) groups excluding carboxylic acids is 1. The molecule has 9 heteroatoms. The van der Waals surface area contributed by atoms with Crippen molar-refractivity contribution in [1.29, 1.82) is 0 Å². The molecule has 144 valence electrons. The number of anilines is 1. The Balaban J connectivity index is 1.62. The van der Waals surface area contributed by atoms with Crippen LogP contribution in [0.25, 0.3) is 16.5 Å². The van der Waals surface area contributed by atoms with Gasteiger partial charge in [0.15, 0.2) is 5.11 Å². The standard InChI is InChI=1S/C20H12FN3O3S2/c21-15-6-1-2-7-17(15)23-19(25)16(22-20(23)28)11-14-8-9-18(29-14)12-4-3-5-13(10-12)24(26)27/h1-11H,(H,22,28)/b16-11-. The van der Waals surface area contributed by atoms with E-state index < -0.39 is 16.6 Å². The van der Waals surface area contributed by atoms with Crippen LogP contribution in [0.15, 0.2) is 66.4 Å². The molecule has 3 aromatic rings. The summed E-state index contributed by atoms with van der Waals surface area (Å²) in [6, 6.07) is 15.9. The number of halogens is 1. The fraction of sp³-hybridized carbons (Fsp3) is 0. The van der Waals surface area contributed by atoms with Gasteiger partial charge in [0.2, 0.25) is 0 Å². The zero-order chi connectivity index (χ0) is 20.5. The largest absolute Gasteiger partial charge is 0.327 e. The van der Waals surface area contributed by atoms with E-state index in [9.17, 15) is 19.3 Å². The van der Waals surface area contributed by atoms with Gasteiger partial charge in [-0.05, 0) is 48.1 Å². The number of para-hydroxylation sites is 1. The van der Waals surface area contributed by atoms with Gasteiger partial charge in [0, 0.05) is 21.9 Å². The average Bonchev–Trinajstić information content (AvgIpc) is 3.28. The first-order valence-corrected chi connectivity index (χ1v) is 9.63. The Hall–Kier alpha value is -3.43. The summed E-state index contributed by atoms with van der Waals surface area (Å²) in [7, 11) is 0. The van der Waals surface area contributed by atoms with Gasteiger partial charge < -0.3 is 5.32 Å². The molecule has 0 bridgehead atoms. The van der Waals surface area contributed by atoms with Gasteiger partial charge >= 0.3 is 0 Å². The summed E-state index contributed by atoms with van der Waals surface area (Å²) in [5.74, 6) is -0.999. The summed E-state index contributed by atoms with van der Waals surface area (Å²) in [5, 5.41) is 13.9. The number of hydrogen-bond donors (Lipinski definition) is 1. The summed E-state index contributed by atoms with van der Waals surface area (Å²) in [6.45, 7) is 0. The van der Waals surface area contributed by atoms with Gasteiger partial charge in [0.25, 0.3) is 11.6 Å². The fourth-order valence-electron chi connectivity index (χ4n) is 2.89. The number of nitrogens with one attached hydrogen (secondary N) is 1. The Kier molecular flexibility index (Phi) is 4.91. The molecular weight excluding hydrogens is 413 g/mol. The van der Waals surface area contributed by atoms with Crippen LogP contribution >= 0.6 is 23.6 Å². The molecule has 1 aliphatic heterocycles. The van der Waals surface area contributed by atoms with Crippen molar-refractivity contribution in [2.45, 2.75) is 0 Å². The number of thiocarbonyl (C=S) groups is 1. The van der Waals surface area contributed by atoms with Gasteiger partial charge in [-0.15, -0.1) is 11.3 Å². The molecular formula is C20H12FN3O3S2. The minimum absolute atomic E-state index is 0.00863. The molecule has 1 fully saturated rings. The zero-order valence-corrected chi connectivity index (χ0v) is 16.3. The normalized spacial score (nSPS) is 15.1. The van der Waals surface area contributed by atoms with Crippen LogP contribution in [0.2, 0.25) is 0 Å². The monoisotopic (exact) mass is 425 g/mol. The first-order valence-electron chi connectivity index (χ1n) is 8.40. The first kappa shape index (κ1) is 18.9. The van der Waals surface area contributed by atoms with Gasteiger partial charge in [-0.25, -0.2) is 9.29 Å². The number of amides is 1. The Morgan fingerprint density at radius 2 is 1.93 bits per heavy atom. The van der Waals surface area contributed by atoms with Crippen LogP contribution in [0.4, 0.5) is 15.8 Å². The van der Waals surface area contributed by atoms with E-state index in [2.05, 4.69) is 5.32 Å². The molecule has 1 N–H and O–H groups in total. The van der Waals surface area contributed by atoms with E-state index in [0.717, 1.165) is 14.7 Å². The molecule has 0 radical (unpaired) electrons. The Bertz CT molecular complexity index is 1190. The summed E-state index contributed by atoms with van der Waals surface area (Å²) >= 11 is 6.57. The molecule has 4 rings (SSSR count). The number of hydrogen-bond acceptors (Lipinski definition) is 5. The van der Waals surface area contributed by atoms with Crippen LogP contribution in [-0.4, -0.2) is 15.9 Å². The van der Waals surface area contributed by atoms with Gasteiger partial charge in [0.1, 0.15) is 11.5 Å². The fourth-order valence-corrected chi connectivity index (χ4v) is 4.13. The highest BCUT2D eigenvalue weighted by Gasteiger charge is 2.33. The highest BCUT2D eigenvalue weighted by Crippen LogP contribution is 2.32. The van der Waals surface area contributed by atoms with E-state index in [1.54, 1.807) is 30.3 Å². The number of non-ortho nitro benzene ring substituents is 1. The van der Waals surface area contributed by atoms with Crippen LogP contribution in [0.1, 0.15) is 4.88 Å². The van der Waals surface area contributed by atoms with Crippen molar-refractivity contribution in [3.05, 3.63) is 87.2 Å². The third kappa shape index (κ3) is 3.65. The number of rotatable bonds is 4. The zero-order valence-electron chi connectivity index (χ0n) is 14.7. The maximum atomic E-state index is 14.1. The third-order valence-corrected chi connectivity index (χ3v) is 5.59. The van der Waals surface area contributed by atoms with E-state index in [1.165, 1.54) is 41.7 Å². The predicted octanol–water partition coefficient (Wildman–Crippen LogP) is 4.72. The SMILES string of the molecule is O=C1/C(=C/c2ccc(-c3cccc([N+](=O)[O-])c3)s2)NC(=S)N1c1ccccc1F. The lowest BCUT2D eigenvalue weighted by Crippen LogP contribution is -2.31. The van der Waals surface area contributed by atoms with E-state index in [4.69, 9.17) is 12.2 Å². The smallest absolute Gasteiger partial charge is 0.281 e. The summed E-state index contributed by atoms with van der Waals surface area (Å²) in [4.78, 5) is 25.9. The molecule has 0 atom stereocenters. The van der Waals surface area contributed by atoms with Crippen molar-refractivity contribution in [1.82, 2.24) is 5.32 Å². The Morgan fingerprint density at radius 1 is 1.14 bits per heavy atom. The molecule has 0 aliphatic carbocycles. The number of nitro benzene ring substituents is 1. The minimum atomic E-state index is -0.546. The molecule has 1 saturated heterocycles. The lowest BCUT2D eigenvalue weighted by Gasteiger charge is -2.14. The van der Waals surface area contributed by atoms with Crippen molar-refractivity contribution in [2.75, 3.05) is 4.90 Å². The number of thiophene rings is 1. The third-order valence-electron chi connectivity index (χ3n) is 4.23. The van der Waals surface area contributed by atoms with E-state index >= 15 is 0 Å². The molecule has 1 amide bonds. The van der Waals surface area contributed by atoms with Gasteiger partial charge in [-0.1, -0.05) is 24.3 Å². The van der Waals surface area contributed by atoms with Crippen LogP contribution in [-0.2, 0) is 4.79 Å². The second-order valence-corrected chi connectivity index (χ2v) is 7.59. The molecule has 2 aromatic carbocycles. The molecule has 29 heavy (non-hydrogen) atoms. The number of nitrogens with zero attached hydrogens (tertiary/aromatic N) is 2. The Labute approximate surface area is 174 Å². The van der Waals surface area contributed by atoms with Crippen LogP contribution in [0.5, 0.6) is 0 Å². The van der Waals surface area contributed by atoms with Crippen molar-refractivity contribution < 1.29 is 14.1 Å². The second kappa shape index (κ2) is 7.53. The molecule has 2 heterocycles. The van der Waals surface area contributed by atoms with Crippen molar-refractivity contribution >= 4 is 52.0 Å². The highest BCUT2D eigenvalue weighted by atomic mass is 32.1. The molecule has 1 aliphatic rings. The van der Waals surface area contributed by atoms with Crippen LogP contribution in [0, 0.1) is 15.9 Å². The summed E-state index contributed by atoms with van der Waals surface area (Å²) in [6.07, 6.45) is 1.63. The molecule has 0 spiro atoms. The Morgan fingerprint density at radius 3 is 2.69 bits per heavy atom. The predicted molar refractivity (Wildman–Crippen MR) is 114 cm³/mol. The molecule has 1 aromatic heterocycles. The minimum Gasteiger partial charge on any atom is -0.327 e. The summed E-state index contributed by atoms with van der Waals surface area (Å²) in [5.41, 5.74) is 1.03. The van der Waals surface area contributed by atoms with Crippen molar-refractivity contribution in [2.24, 2.45) is 0 Å². The van der Waals surface area contributed by atoms with E-state index in [1.807, 2.05) is 6.07 Å². The second-order valence-electron chi connectivity index (χ2n) is 6.09. The van der Waals surface area contributed by atoms with Crippen molar-refractivity contribution in [3.8, 4) is 10.4 Å².